The summed E-state index contributed by atoms with van der Waals surface area (Å²) < 4.78 is 0. The molecule has 0 saturated heterocycles. The highest BCUT2D eigenvalue weighted by molar-refractivity contribution is 6.33. The van der Waals surface area contributed by atoms with Crippen LogP contribution in [0.25, 0.3) is 0 Å². The molecule has 1 rings (SSSR count). The van der Waals surface area contributed by atoms with Crippen molar-refractivity contribution < 1.29 is 4.79 Å². The van der Waals surface area contributed by atoms with Crippen LogP contribution in [0.4, 0.5) is 0 Å². The van der Waals surface area contributed by atoms with Crippen molar-refractivity contribution in [3.63, 3.8) is 0 Å². The standard InChI is InChI=1S/C8H10BNO/c9-7-4-2-1-3-6(7)5-8(10)11/h1-4H,5,9H2,(H2,10,11). The van der Waals surface area contributed by atoms with Crippen molar-refractivity contribution in [1.82, 2.24) is 0 Å². The largest absolute Gasteiger partial charge is 0.369 e. The van der Waals surface area contributed by atoms with Crippen LogP contribution in [0.3, 0.4) is 0 Å². The molecule has 0 aliphatic rings. The number of carbonyl (C=O) groups excluding carboxylic acids is 1. The maximum Gasteiger partial charge on any atom is 0.221 e. The summed E-state index contributed by atoms with van der Waals surface area (Å²) in [5.74, 6) is -0.278. The Hall–Kier alpha value is -1.25. The first kappa shape index (κ1) is 7.86. The Labute approximate surface area is 66.8 Å². The number of nitrogens with two attached hydrogens (primary N) is 1. The monoisotopic (exact) mass is 147 g/mol. The molecule has 1 aromatic carbocycles. The lowest BCUT2D eigenvalue weighted by Gasteiger charge is -2.00. The van der Waals surface area contributed by atoms with Gasteiger partial charge in [0.1, 0.15) is 7.85 Å². The quantitative estimate of drug-likeness (QED) is 0.534. The van der Waals surface area contributed by atoms with E-state index in [1.54, 1.807) is 0 Å². The smallest absolute Gasteiger partial charge is 0.221 e. The molecule has 1 aromatic rings. The zero-order chi connectivity index (χ0) is 8.27. The van der Waals surface area contributed by atoms with E-state index >= 15 is 0 Å². The molecule has 0 radical (unpaired) electrons. The third-order valence-electron chi connectivity index (χ3n) is 1.63. The summed E-state index contributed by atoms with van der Waals surface area (Å²) in [6, 6.07) is 7.74. The van der Waals surface area contributed by atoms with Crippen LogP contribution in [-0.2, 0) is 11.2 Å². The Kier molecular flexibility index (Phi) is 2.31. The molecular formula is C8H10BNO. The van der Waals surface area contributed by atoms with Crippen LogP contribution in [0, 0.1) is 0 Å². The molecule has 56 valence electrons. The number of rotatable bonds is 2. The summed E-state index contributed by atoms with van der Waals surface area (Å²) in [5.41, 5.74) is 7.19. The Bertz CT molecular complexity index is 273. The summed E-state index contributed by atoms with van der Waals surface area (Å²) in [4.78, 5) is 10.5. The van der Waals surface area contributed by atoms with E-state index < -0.39 is 0 Å². The fourth-order valence-electron chi connectivity index (χ4n) is 0.996. The fourth-order valence-corrected chi connectivity index (χ4v) is 0.996. The highest BCUT2D eigenvalue weighted by Crippen LogP contribution is 1.94. The van der Waals surface area contributed by atoms with Gasteiger partial charge in [-0.15, -0.1) is 0 Å². The van der Waals surface area contributed by atoms with Crippen LogP contribution in [0.1, 0.15) is 5.56 Å². The maximum atomic E-state index is 10.5. The van der Waals surface area contributed by atoms with Gasteiger partial charge in [-0.05, 0) is 5.56 Å². The van der Waals surface area contributed by atoms with Gasteiger partial charge in [0.05, 0.1) is 6.42 Å². The molecule has 3 heteroatoms. The topological polar surface area (TPSA) is 43.1 Å². The van der Waals surface area contributed by atoms with Crippen molar-refractivity contribution >= 4 is 19.2 Å². The molecule has 2 N–H and O–H groups in total. The molecule has 0 bridgehead atoms. The van der Waals surface area contributed by atoms with E-state index in [-0.39, 0.29) is 5.91 Å². The second kappa shape index (κ2) is 3.24. The number of hydrogen-bond acceptors (Lipinski definition) is 1. The average Bonchev–Trinajstić information content (AvgIpc) is 1.93. The first-order chi connectivity index (χ1) is 5.20. The third kappa shape index (κ3) is 2.11. The van der Waals surface area contributed by atoms with Crippen LogP contribution in [0.15, 0.2) is 24.3 Å². The lowest BCUT2D eigenvalue weighted by molar-refractivity contribution is -0.117. The van der Waals surface area contributed by atoms with Crippen molar-refractivity contribution in [2.24, 2.45) is 5.73 Å². The molecule has 0 spiro atoms. The zero-order valence-electron chi connectivity index (χ0n) is 6.50. The van der Waals surface area contributed by atoms with Crippen LogP contribution in [0.5, 0.6) is 0 Å². The molecule has 0 aromatic heterocycles. The first-order valence-electron chi connectivity index (χ1n) is 3.53. The Morgan fingerprint density at radius 1 is 1.45 bits per heavy atom. The molecule has 1 amide bonds. The van der Waals surface area contributed by atoms with Crippen LogP contribution < -0.4 is 11.2 Å². The van der Waals surface area contributed by atoms with Gasteiger partial charge >= 0.3 is 0 Å². The average molecular weight is 147 g/mol. The van der Waals surface area contributed by atoms with E-state index in [9.17, 15) is 4.79 Å². The highest BCUT2D eigenvalue weighted by Gasteiger charge is 1.99. The number of hydrogen-bond donors (Lipinski definition) is 1. The summed E-state index contributed by atoms with van der Waals surface area (Å²) in [6.45, 7) is 0. The minimum atomic E-state index is -0.278. The third-order valence-corrected chi connectivity index (χ3v) is 1.63. The number of primary amides is 1. The van der Waals surface area contributed by atoms with E-state index in [0.29, 0.717) is 6.42 Å². The number of benzene rings is 1. The predicted molar refractivity (Wildman–Crippen MR) is 47.5 cm³/mol. The molecule has 0 unspecified atom stereocenters. The zero-order valence-corrected chi connectivity index (χ0v) is 6.50. The van der Waals surface area contributed by atoms with Crippen molar-refractivity contribution in [2.45, 2.75) is 6.42 Å². The summed E-state index contributed by atoms with van der Waals surface area (Å²) >= 11 is 0. The minimum Gasteiger partial charge on any atom is -0.369 e. The van der Waals surface area contributed by atoms with Gasteiger partial charge in [0.15, 0.2) is 0 Å². The molecule has 0 atom stereocenters. The van der Waals surface area contributed by atoms with Crippen molar-refractivity contribution in [3.05, 3.63) is 29.8 Å². The van der Waals surface area contributed by atoms with Crippen LogP contribution in [0.2, 0.25) is 0 Å². The predicted octanol–water partition coefficient (Wildman–Crippen LogP) is -1.03. The maximum absolute atomic E-state index is 10.5. The molecule has 0 saturated carbocycles. The summed E-state index contributed by atoms with van der Waals surface area (Å²) in [5, 5.41) is 0. The normalized spacial score (nSPS) is 9.45. The van der Waals surface area contributed by atoms with Crippen molar-refractivity contribution in [3.8, 4) is 0 Å². The van der Waals surface area contributed by atoms with E-state index in [1.807, 2.05) is 32.1 Å². The van der Waals surface area contributed by atoms with Gasteiger partial charge in [-0.25, -0.2) is 0 Å². The van der Waals surface area contributed by atoms with Gasteiger partial charge < -0.3 is 5.73 Å². The van der Waals surface area contributed by atoms with E-state index in [2.05, 4.69) is 0 Å². The molecule has 0 aliphatic carbocycles. The lowest BCUT2D eigenvalue weighted by atomic mass is 9.89. The molecular weight excluding hydrogens is 137 g/mol. The molecule has 2 nitrogen and oxygen atoms in total. The second-order valence-corrected chi connectivity index (χ2v) is 2.57. The Morgan fingerprint density at radius 3 is 2.64 bits per heavy atom. The number of amides is 1. The lowest BCUT2D eigenvalue weighted by Crippen LogP contribution is -2.19. The van der Waals surface area contributed by atoms with Crippen LogP contribution in [-0.4, -0.2) is 13.8 Å². The molecule has 0 fully saturated rings. The number of carbonyl (C=O) groups is 1. The highest BCUT2D eigenvalue weighted by atomic mass is 16.1. The SMILES string of the molecule is Bc1ccccc1CC(N)=O. The first-order valence-corrected chi connectivity index (χ1v) is 3.53. The van der Waals surface area contributed by atoms with Gasteiger partial charge in [0.25, 0.3) is 0 Å². The van der Waals surface area contributed by atoms with Gasteiger partial charge in [0, 0.05) is 0 Å². The second-order valence-electron chi connectivity index (χ2n) is 2.57. The van der Waals surface area contributed by atoms with Crippen LogP contribution >= 0.6 is 0 Å². The molecule has 0 aliphatic heterocycles. The van der Waals surface area contributed by atoms with Gasteiger partial charge in [-0.1, -0.05) is 29.7 Å². The minimum absolute atomic E-state index is 0.278. The van der Waals surface area contributed by atoms with E-state index in [4.69, 9.17) is 5.73 Å². The van der Waals surface area contributed by atoms with Gasteiger partial charge in [-0.3, -0.25) is 4.79 Å². The fraction of sp³-hybridized carbons (Fsp3) is 0.125. The Morgan fingerprint density at radius 2 is 2.09 bits per heavy atom. The van der Waals surface area contributed by atoms with E-state index in [1.165, 1.54) is 0 Å². The van der Waals surface area contributed by atoms with Gasteiger partial charge in [-0.2, -0.15) is 0 Å². The van der Waals surface area contributed by atoms with Crippen molar-refractivity contribution in [2.75, 3.05) is 0 Å². The van der Waals surface area contributed by atoms with Crippen molar-refractivity contribution in [1.29, 1.82) is 0 Å². The summed E-state index contributed by atoms with van der Waals surface area (Å²) in [7, 11) is 1.97. The molecule has 11 heavy (non-hydrogen) atoms. The van der Waals surface area contributed by atoms with Gasteiger partial charge in [0.2, 0.25) is 5.91 Å². The Balaban J connectivity index is 2.86. The summed E-state index contributed by atoms with van der Waals surface area (Å²) in [6.07, 6.45) is 0.340. The molecule has 0 heterocycles. The van der Waals surface area contributed by atoms with E-state index in [0.717, 1.165) is 11.0 Å².